The lowest BCUT2D eigenvalue weighted by atomic mass is 9.99. The maximum Gasteiger partial charge on any atom is 0.262 e. The number of carbonyl (C=O) groups excluding carboxylic acids is 1. The SMILES string of the molecule is C=CCc1ccc(OCC(=O)Nc2ccc(N3CCC(C)CC3)cc2)c(OC)c1. The molecule has 0 atom stereocenters. The first-order chi connectivity index (χ1) is 14.1. The Morgan fingerprint density at radius 3 is 2.55 bits per heavy atom. The average molecular weight is 395 g/mol. The van der Waals surface area contributed by atoms with Crippen LogP contribution in [0, 0.1) is 5.92 Å². The summed E-state index contributed by atoms with van der Waals surface area (Å²) in [6.45, 7) is 8.15. The predicted molar refractivity (Wildman–Crippen MR) is 118 cm³/mol. The molecule has 1 heterocycles. The average Bonchev–Trinajstić information content (AvgIpc) is 2.74. The molecule has 29 heavy (non-hydrogen) atoms. The van der Waals surface area contributed by atoms with Gasteiger partial charge in [0.05, 0.1) is 7.11 Å². The highest BCUT2D eigenvalue weighted by Gasteiger charge is 2.16. The fraction of sp³-hybridized carbons (Fsp3) is 0.375. The number of methoxy groups -OCH3 is 1. The molecule has 5 nitrogen and oxygen atoms in total. The molecule has 0 bridgehead atoms. The van der Waals surface area contributed by atoms with Crippen LogP contribution >= 0.6 is 0 Å². The number of benzene rings is 2. The van der Waals surface area contributed by atoms with E-state index in [4.69, 9.17) is 9.47 Å². The summed E-state index contributed by atoms with van der Waals surface area (Å²) in [4.78, 5) is 14.7. The number of anilines is 2. The van der Waals surface area contributed by atoms with Gasteiger partial charge in [-0.25, -0.2) is 0 Å². The van der Waals surface area contributed by atoms with Gasteiger partial charge < -0.3 is 19.7 Å². The van der Waals surface area contributed by atoms with E-state index in [0.29, 0.717) is 11.5 Å². The summed E-state index contributed by atoms with van der Waals surface area (Å²) in [6, 6.07) is 13.7. The van der Waals surface area contributed by atoms with E-state index in [-0.39, 0.29) is 12.5 Å². The summed E-state index contributed by atoms with van der Waals surface area (Å²) in [7, 11) is 1.59. The Bertz CT molecular complexity index is 825. The van der Waals surface area contributed by atoms with Crippen molar-refractivity contribution in [3.8, 4) is 11.5 Å². The quantitative estimate of drug-likeness (QED) is 0.661. The molecular formula is C24H30N2O3. The number of ether oxygens (including phenoxy) is 2. The van der Waals surface area contributed by atoms with Crippen molar-refractivity contribution in [2.75, 3.05) is 37.0 Å². The Balaban J connectivity index is 1.52. The Morgan fingerprint density at radius 2 is 1.90 bits per heavy atom. The Labute approximate surface area is 173 Å². The van der Waals surface area contributed by atoms with E-state index in [1.54, 1.807) is 7.11 Å². The smallest absolute Gasteiger partial charge is 0.262 e. The Morgan fingerprint density at radius 1 is 1.17 bits per heavy atom. The van der Waals surface area contributed by atoms with Crippen molar-refractivity contribution in [3.05, 3.63) is 60.7 Å². The normalized spacial score (nSPS) is 14.3. The second-order valence-corrected chi connectivity index (χ2v) is 7.53. The first kappa shape index (κ1) is 20.8. The molecule has 1 N–H and O–H groups in total. The molecule has 3 rings (SSSR count). The van der Waals surface area contributed by atoms with Gasteiger partial charge in [-0.3, -0.25) is 4.79 Å². The summed E-state index contributed by atoms with van der Waals surface area (Å²) < 4.78 is 11.0. The van der Waals surface area contributed by atoms with E-state index >= 15 is 0 Å². The van der Waals surface area contributed by atoms with Crippen LogP contribution in [-0.2, 0) is 11.2 Å². The van der Waals surface area contributed by atoms with Crippen molar-refractivity contribution in [2.24, 2.45) is 5.92 Å². The van der Waals surface area contributed by atoms with Crippen LogP contribution in [0.4, 0.5) is 11.4 Å². The third-order valence-electron chi connectivity index (χ3n) is 5.27. The number of amides is 1. The van der Waals surface area contributed by atoms with Crippen molar-refractivity contribution < 1.29 is 14.3 Å². The van der Waals surface area contributed by atoms with E-state index in [9.17, 15) is 4.79 Å². The number of hydrogen-bond acceptors (Lipinski definition) is 4. The lowest BCUT2D eigenvalue weighted by Gasteiger charge is -2.32. The predicted octanol–water partition coefficient (Wildman–Crippen LogP) is 4.68. The lowest BCUT2D eigenvalue weighted by molar-refractivity contribution is -0.118. The number of piperidine rings is 1. The van der Waals surface area contributed by atoms with Crippen molar-refractivity contribution in [2.45, 2.75) is 26.2 Å². The minimum absolute atomic E-state index is 0.0804. The lowest BCUT2D eigenvalue weighted by Crippen LogP contribution is -2.32. The topological polar surface area (TPSA) is 50.8 Å². The molecule has 0 aliphatic carbocycles. The van der Waals surface area contributed by atoms with E-state index in [0.717, 1.165) is 36.7 Å². The summed E-state index contributed by atoms with van der Waals surface area (Å²) in [5.74, 6) is 1.76. The van der Waals surface area contributed by atoms with Gasteiger partial charge in [0, 0.05) is 24.5 Å². The number of nitrogens with one attached hydrogen (secondary N) is 1. The maximum absolute atomic E-state index is 12.3. The van der Waals surface area contributed by atoms with Crippen LogP contribution in [0.25, 0.3) is 0 Å². The van der Waals surface area contributed by atoms with Crippen LogP contribution in [0.2, 0.25) is 0 Å². The number of nitrogens with zero attached hydrogens (tertiary/aromatic N) is 1. The molecule has 0 spiro atoms. The Kier molecular flexibility index (Phi) is 7.17. The van der Waals surface area contributed by atoms with E-state index in [1.165, 1.54) is 18.5 Å². The Hall–Kier alpha value is -2.95. The second kappa shape index (κ2) is 10.0. The molecule has 0 aromatic heterocycles. The van der Waals surface area contributed by atoms with Gasteiger partial charge in [-0.2, -0.15) is 0 Å². The van der Waals surface area contributed by atoms with Crippen molar-refractivity contribution >= 4 is 17.3 Å². The molecule has 1 fully saturated rings. The molecule has 1 saturated heterocycles. The molecule has 0 unspecified atom stereocenters. The van der Waals surface area contributed by atoms with Gasteiger partial charge in [0.1, 0.15) is 0 Å². The van der Waals surface area contributed by atoms with Gasteiger partial charge in [0.2, 0.25) is 0 Å². The van der Waals surface area contributed by atoms with E-state index in [2.05, 4.69) is 35.9 Å². The van der Waals surface area contributed by atoms with Crippen LogP contribution in [0.3, 0.4) is 0 Å². The third kappa shape index (κ3) is 5.76. The van der Waals surface area contributed by atoms with Crippen LogP contribution in [0.1, 0.15) is 25.3 Å². The second-order valence-electron chi connectivity index (χ2n) is 7.53. The van der Waals surface area contributed by atoms with Crippen LogP contribution in [0.15, 0.2) is 55.1 Å². The minimum atomic E-state index is -0.207. The summed E-state index contributed by atoms with van der Waals surface area (Å²) >= 11 is 0. The van der Waals surface area contributed by atoms with Crippen LogP contribution < -0.4 is 19.7 Å². The first-order valence-corrected chi connectivity index (χ1v) is 10.1. The van der Waals surface area contributed by atoms with Gasteiger partial charge in [0.25, 0.3) is 5.91 Å². The van der Waals surface area contributed by atoms with Gasteiger partial charge >= 0.3 is 0 Å². The number of allylic oxidation sites excluding steroid dienone is 1. The van der Waals surface area contributed by atoms with Gasteiger partial charge in [0.15, 0.2) is 18.1 Å². The van der Waals surface area contributed by atoms with Crippen molar-refractivity contribution in [1.82, 2.24) is 0 Å². The molecule has 2 aromatic rings. The zero-order chi connectivity index (χ0) is 20.6. The number of rotatable bonds is 8. The molecule has 2 aromatic carbocycles. The molecule has 154 valence electrons. The summed E-state index contributed by atoms with van der Waals surface area (Å²) in [5, 5.41) is 2.88. The van der Waals surface area contributed by atoms with E-state index < -0.39 is 0 Å². The van der Waals surface area contributed by atoms with Crippen LogP contribution in [0.5, 0.6) is 11.5 Å². The molecule has 0 radical (unpaired) electrons. The highest BCUT2D eigenvalue weighted by molar-refractivity contribution is 5.92. The number of hydrogen-bond donors (Lipinski definition) is 1. The third-order valence-corrected chi connectivity index (χ3v) is 5.27. The standard InChI is InChI=1S/C24H30N2O3/c1-4-5-19-6-11-22(23(16-19)28-3)29-17-24(27)25-20-7-9-21(10-8-20)26-14-12-18(2)13-15-26/h4,6-11,16,18H,1,5,12-15,17H2,2-3H3,(H,25,27). The summed E-state index contributed by atoms with van der Waals surface area (Å²) in [5.41, 5.74) is 3.05. The first-order valence-electron chi connectivity index (χ1n) is 10.1. The molecule has 1 aliphatic rings. The minimum Gasteiger partial charge on any atom is -0.493 e. The fourth-order valence-corrected chi connectivity index (χ4v) is 3.49. The molecule has 1 aliphatic heterocycles. The largest absolute Gasteiger partial charge is 0.493 e. The van der Waals surface area contributed by atoms with Crippen molar-refractivity contribution in [1.29, 1.82) is 0 Å². The highest BCUT2D eigenvalue weighted by atomic mass is 16.5. The maximum atomic E-state index is 12.3. The van der Waals surface area contributed by atoms with Crippen molar-refractivity contribution in [3.63, 3.8) is 0 Å². The van der Waals surface area contributed by atoms with Gasteiger partial charge in [-0.1, -0.05) is 19.1 Å². The summed E-state index contributed by atoms with van der Waals surface area (Å²) in [6.07, 6.45) is 5.05. The molecule has 1 amide bonds. The fourth-order valence-electron chi connectivity index (χ4n) is 3.49. The molecular weight excluding hydrogens is 364 g/mol. The van der Waals surface area contributed by atoms with Crippen LogP contribution in [-0.4, -0.2) is 32.7 Å². The number of carbonyl (C=O) groups is 1. The van der Waals surface area contributed by atoms with Gasteiger partial charge in [-0.15, -0.1) is 6.58 Å². The van der Waals surface area contributed by atoms with E-state index in [1.807, 2.05) is 36.4 Å². The monoisotopic (exact) mass is 394 g/mol. The van der Waals surface area contributed by atoms with Gasteiger partial charge in [-0.05, 0) is 67.1 Å². The molecule has 5 heteroatoms. The highest BCUT2D eigenvalue weighted by Crippen LogP contribution is 2.28. The zero-order valence-corrected chi connectivity index (χ0v) is 17.3. The zero-order valence-electron chi connectivity index (χ0n) is 17.3. The molecule has 0 saturated carbocycles.